The van der Waals surface area contributed by atoms with Crippen molar-refractivity contribution in [3.05, 3.63) is 52.1 Å². The van der Waals surface area contributed by atoms with Crippen LogP contribution in [-0.4, -0.2) is 21.2 Å². The first-order valence-corrected chi connectivity index (χ1v) is 7.53. The Balaban J connectivity index is 1.79. The zero-order valence-electron chi connectivity index (χ0n) is 11.9. The monoisotopic (exact) mass is 359 g/mol. The summed E-state index contributed by atoms with van der Waals surface area (Å²) >= 11 is 3.28. The number of aryl methyl sites for hydroxylation is 1. The quantitative estimate of drug-likeness (QED) is 0.669. The van der Waals surface area contributed by atoms with E-state index < -0.39 is 0 Å². The van der Waals surface area contributed by atoms with Crippen molar-refractivity contribution < 1.29 is 9.90 Å². The smallest absolute Gasteiger partial charge is 0.228 e. The van der Waals surface area contributed by atoms with Gasteiger partial charge in [-0.25, -0.2) is 0 Å². The molecule has 0 spiro atoms. The molecule has 6 heteroatoms. The first kappa shape index (κ1) is 14.6. The van der Waals surface area contributed by atoms with Crippen molar-refractivity contribution in [2.75, 3.05) is 5.32 Å². The molecule has 22 heavy (non-hydrogen) atoms. The van der Waals surface area contributed by atoms with Crippen molar-refractivity contribution in [3.63, 3.8) is 0 Å². The van der Waals surface area contributed by atoms with E-state index in [0.29, 0.717) is 5.56 Å². The molecular formula is C16H14BrN3O2. The molecule has 1 amide bonds. The van der Waals surface area contributed by atoms with Crippen LogP contribution < -0.4 is 5.32 Å². The lowest BCUT2D eigenvalue weighted by molar-refractivity contribution is -0.115. The molecule has 3 N–H and O–H groups in total. The van der Waals surface area contributed by atoms with Gasteiger partial charge in [0.25, 0.3) is 0 Å². The van der Waals surface area contributed by atoms with Gasteiger partial charge >= 0.3 is 0 Å². The number of fused-ring (bicyclic) bond motifs is 1. The van der Waals surface area contributed by atoms with Crippen LogP contribution in [0.3, 0.4) is 0 Å². The fourth-order valence-corrected chi connectivity index (χ4v) is 2.64. The Bertz CT molecular complexity index is 858. The zero-order chi connectivity index (χ0) is 15.7. The first-order chi connectivity index (χ1) is 10.5. The summed E-state index contributed by atoms with van der Waals surface area (Å²) in [6, 6.07) is 8.92. The number of nitrogens with zero attached hydrogens (tertiary/aromatic N) is 1. The van der Waals surface area contributed by atoms with E-state index in [4.69, 9.17) is 0 Å². The van der Waals surface area contributed by atoms with Gasteiger partial charge in [-0.15, -0.1) is 0 Å². The molecule has 0 unspecified atom stereocenters. The van der Waals surface area contributed by atoms with Gasteiger partial charge in [-0.1, -0.05) is 22.0 Å². The van der Waals surface area contributed by atoms with Crippen molar-refractivity contribution in [1.82, 2.24) is 10.2 Å². The fraction of sp³-hybridized carbons (Fsp3) is 0.125. The van der Waals surface area contributed by atoms with Crippen molar-refractivity contribution >= 4 is 38.4 Å². The number of aromatic amines is 1. The number of anilines is 1. The second kappa shape index (κ2) is 5.81. The van der Waals surface area contributed by atoms with Crippen molar-refractivity contribution in [3.8, 4) is 5.75 Å². The molecule has 5 nitrogen and oxygen atoms in total. The van der Waals surface area contributed by atoms with Crippen molar-refractivity contribution in [2.24, 2.45) is 0 Å². The van der Waals surface area contributed by atoms with Gasteiger partial charge in [-0.3, -0.25) is 9.89 Å². The maximum Gasteiger partial charge on any atom is 0.228 e. The van der Waals surface area contributed by atoms with Gasteiger partial charge in [0.2, 0.25) is 5.91 Å². The average molecular weight is 360 g/mol. The van der Waals surface area contributed by atoms with Gasteiger partial charge < -0.3 is 10.4 Å². The van der Waals surface area contributed by atoms with Crippen LogP contribution in [0.4, 0.5) is 5.69 Å². The minimum atomic E-state index is -0.177. The number of aromatic hydroxyl groups is 1. The molecule has 112 valence electrons. The molecule has 0 saturated carbocycles. The molecule has 1 heterocycles. The number of aromatic nitrogens is 2. The Kier molecular flexibility index (Phi) is 3.85. The summed E-state index contributed by atoms with van der Waals surface area (Å²) in [5, 5.41) is 20.5. The molecule has 0 saturated heterocycles. The van der Waals surface area contributed by atoms with E-state index in [1.807, 2.05) is 19.1 Å². The lowest BCUT2D eigenvalue weighted by Crippen LogP contribution is -2.15. The number of carbonyl (C=O) groups is 1. The summed E-state index contributed by atoms with van der Waals surface area (Å²) in [6.07, 6.45) is 1.83. The van der Waals surface area contributed by atoms with Crippen LogP contribution in [0.15, 0.2) is 41.0 Å². The number of hydrogen-bond donors (Lipinski definition) is 3. The van der Waals surface area contributed by atoms with Crippen LogP contribution in [-0.2, 0) is 11.2 Å². The third kappa shape index (κ3) is 2.96. The number of H-pyrrole nitrogens is 1. The highest BCUT2D eigenvalue weighted by atomic mass is 79.9. The summed E-state index contributed by atoms with van der Waals surface area (Å²) in [7, 11) is 0. The number of nitrogens with one attached hydrogen (secondary N) is 2. The maximum atomic E-state index is 12.2. The van der Waals surface area contributed by atoms with E-state index >= 15 is 0 Å². The number of phenols is 1. The number of amides is 1. The number of phenolic OH excluding ortho intramolecular Hbond substituents is 1. The SMILES string of the molecule is Cc1cc2[nH]ncc2cc1NC(=O)Cc1ccc(Br)cc1O. The summed E-state index contributed by atoms with van der Waals surface area (Å²) in [5.74, 6) is -0.0740. The second-order valence-corrected chi connectivity index (χ2v) is 6.04. The zero-order valence-corrected chi connectivity index (χ0v) is 13.4. The lowest BCUT2D eigenvalue weighted by Gasteiger charge is -2.10. The molecule has 1 aromatic heterocycles. The molecule has 0 atom stereocenters. The van der Waals surface area contributed by atoms with Gasteiger partial charge in [-0.05, 0) is 36.8 Å². The normalized spacial score (nSPS) is 10.8. The molecule has 3 rings (SSSR count). The summed E-state index contributed by atoms with van der Waals surface area (Å²) in [5.41, 5.74) is 3.21. The third-order valence-corrected chi connectivity index (χ3v) is 3.95. The van der Waals surface area contributed by atoms with Crippen LogP contribution in [0.25, 0.3) is 10.9 Å². The largest absolute Gasteiger partial charge is 0.508 e. The van der Waals surface area contributed by atoms with Gasteiger partial charge in [0.15, 0.2) is 0 Å². The Morgan fingerprint density at radius 3 is 2.95 bits per heavy atom. The van der Waals surface area contributed by atoms with Gasteiger partial charge in [0, 0.05) is 21.1 Å². The van der Waals surface area contributed by atoms with Crippen LogP contribution in [0.1, 0.15) is 11.1 Å². The lowest BCUT2D eigenvalue weighted by atomic mass is 10.1. The van der Waals surface area contributed by atoms with E-state index in [-0.39, 0.29) is 18.1 Å². The van der Waals surface area contributed by atoms with Crippen LogP contribution in [0, 0.1) is 6.92 Å². The van der Waals surface area contributed by atoms with E-state index in [1.54, 1.807) is 24.4 Å². The highest BCUT2D eigenvalue weighted by Gasteiger charge is 2.10. The van der Waals surface area contributed by atoms with Crippen molar-refractivity contribution in [2.45, 2.75) is 13.3 Å². The van der Waals surface area contributed by atoms with Crippen LogP contribution in [0.2, 0.25) is 0 Å². The molecule has 3 aromatic rings. The number of rotatable bonds is 3. The van der Waals surface area contributed by atoms with Crippen LogP contribution in [0.5, 0.6) is 5.75 Å². The molecule has 0 aliphatic heterocycles. The molecule has 0 radical (unpaired) electrons. The molecule has 0 bridgehead atoms. The van der Waals surface area contributed by atoms with Gasteiger partial charge in [0.05, 0.1) is 18.1 Å². The molecular weight excluding hydrogens is 346 g/mol. The summed E-state index contributed by atoms with van der Waals surface area (Å²) < 4.78 is 0.774. The van der Waals surface area contributed by atoms with E-state index in [1.165, 1.54) is 0 Å². The number of benzene rings is 2. The van der Waals surface area contributed by atoms with E-state index in [2.05, 4.69) is 31.4 Å². The Morgan fingerprint density at radius 2 is 2.18 bits per heavy atom. The highest BCUT2D eigenvalue weighted by molar-refractivity contribution is 9.10. The fourth-order valence-electron chi connectivity index (χ4n) is 2.29. The van der Waals surface area contributed by atoms with Gasteiger partial charge in [-0.2, -0.15) is 5.10 Å². The molecule has 0 aliphatic carbocycles. The Labute approximate surface area is 135 Å². The van der Waals surface area contributed by atoms with E-state index in [9.17, 15) is 9.90 Å². The number of carbonyl (C=O) groups excluding carboxylic acids is 1. The summed E-state index contributed by atoms with van der Waals surface area (Å²) in [4.78, 5) is 12.2. The Hall–Kier alpha value is -2.34. The Morgan fingerprint density at radius 1 is 1.36 bits per heavy atom. The number of hydrogen-bond acceptors (Lipinski definition) is 3. The van der Waals surface area contributed by atoms with Crippen LogP contribution >= 0.6 is 15.9 Å². The van der Waals surface area contributed by atoms with Gasteiger partial charge in [0.1, 0.15) is 5.75 Å². The third-order valence-electron chi connectivity index (χ3n) is 3.46. The topological polar surface area (TPSA) is 78.0 Å². The minimum absolute atomic E-state index is 0.103. The predicted octanol–water partition coefficient (Wildman–Crippen LogP) is 3.52. The summed E-state index contributed by atoms with van der Waals surface area (Å²) in [6.45, 7) is 1.92. The molecule has 2 aromatic carbocycles. The average Bonchev–Trinajstić information content (AvgIpc) is 2.89. The van der Waals surface area contributed by atoms with Crippen molar-refractivity contribution in [1.29, 1.82) is 0 Å². The minimum Gasteiger partial charge on any atom is -0.508 e. The molecule has 0 aliphatic rings. The second-order valence-electron chi connectivity index (χ2n) is 5.12. The highest BCUT2D eigenvalue weighted by Crippen LogP contribution is 2.24. The standard InChI is InChI=1S/C16H14BrN3O2/c1-9-4-14-11(8-18-20-14)5-13(9)19-16(22)6-10-2-3-12(17)7-15(10)21/h2-5,7-8,21H,6H2,1H3,(H,18,20)(H,19,22). The first-order valence-electron chi connectivity index (χ1n) is 6.74. The number of halogens is 1. The predicted molar refractivity (Wildman–Crippen MR) is 89.0 cm³/mol. The van der Waals surface area contributed by atoms with E-state index in [0.717, 1.165) is 26.6 Å². The molecule has 0 fully saturated rings. The maximum absolute atomic E-state index is 12.2.